The first-order valence-electron chi connectivity index (χ1n) is 11.2. The summed E-state index contributed by atoms with van der Waals surface area (Å²) in [7, 11) is 0. The first-order chi connectivity index (χ1) is 14.2. The van der Waals surface area contributed by atoms with Gasteiger partial charge < -0.3 is 10.2 Å². The highest BCUT2D eigenvalue weighted by molar-refractivity contribution is 8.14. The Bertz CT molecular complexity index is 716. The summed E-state index contributed by atoms with van der Waals surface area (Å²) in [5, 5.41) is 4.94. The number of carbonyl (C=O) groups excluding carboxylic acids is 1. The van der Waals surface area contributed by atoms with Gasteiger partial charge in [0.25, 0.3) is 0 Å². The Kier molecular flexibility index (Phi) is 9.21. The first-order valence-corrected chi connectivity index (χ1v) is 12.6. The highest BCUT2D eigenvalue weighted by atomic mass is 35.5. The molecule has 1 aliphatic heterocycles. The largest absolute Gasteiger partial charge is 0.344 e. The second-order valence-corrected chi connectivity index (χ2v) is 10.1. The molecule has 1 heterocycles. The molecule has 1 aromatic carbocycles. The van der Waals surface area contributed by atoms with E-state index in [0.29, 0.717) is 23.5 Å². The normalized spacial score (nSPS) is 24.6. The quantitative estimate of drug-likeness (QED) is 0.532. The number of nitrogens with one attached hydrogen (secondary N) is 1. The smallest absolute Gasteiger partial charge is 0.226 e. The molecule has 30 heavy (non-hydrogen) atoms. The van der Waals surface area contributed by atoms with E-state index in [1.165, 1.54) is 69.4 Å². The van der Waals surface area contributed by atoms with E-state index in [1.807, 2.05) is 36.0 Å². The van der Waals surface area contributed by atoms with E-state index >= 15 is 0 Å². The zero-order chi connectivity index (χ0) is 20.1. The second kappa shape index (κ2) is 11.6. The van der Waals surface area contributed by atoms with Crippen LogP contribution in [-0.2, 0) is 4.79 Å². The number of halogens is 2. The number of hydrogen-bond acceptors (Lipinski definition) is 3. The molecule has 2 saturated carbocycles. The number of anilines is 1. The number of carbonyl (C=O) groups is 1. The number of benzene rings is 1. The maximum absolute atomic E-state index is 12.8. The van der Waals surface area contributed by atoms with Crippen LogP contribution in [0.4, 0.5) is 5.69 Å². The molecule has 0 bridgehead atoms. The second-order valence-electron chi connectivity index (χ2n) is 8.63. The molecular weight excluding hydrogens is 437 g/mol. The van der Waals surface area contributed by atoms with Gasteiger partial charge in [-0.15, -0.1) is 12.4 Å². The van der Waals surface area contributed by atoms with Gasteiger partial charge in [0.05, 0.1) is 6.04 Å². The number of nitrogens with zero attached hydrogens (tertiary/aromatic N) is 2. The first kappa shape index (κ1) is 23.7. The van der Waals surface area contributed by atoms with E-state index in [2.05, 4.69) is 10.2 Å². The molecular formula is C23H33Cl2N3OS. The zero-order valence-electron chi connectivity index (χ0n) is 17.5. The molecule has 3 fully saturated rings. The van der Waals surface area contributed by atoms with Crippen molar-refractivity contribution in [3.8, 4) is 0 Å². The lowest BCUT2D eigenvalue weighted by Crippen LogP contribution is -2.45. The molecule has 3 aliphatic rings. The Labute approximate surface area is 196 Å². The van der Waals surface area contributed by atoms with Crippen LogP contribution in [0.15, 0.2) is 29.3 Å². The van der Waals surface area contributed by atoms with Crippen LogP contribution in [0.2, 0.25) is 5.02 Å². The van der Waals surface area contributed by atoms with Gasteiger partial charge in [0.15, 0.2) is 5.17 Å². The third-order valence-electron chi connectivity index (χ3n) is 6.40. The molecule has 0 aromatic heterocycles. The molecule has 166 valence electrons. The Hall–Kier alpha value is -0.910. The molecule has 0 radical (unpaired) electrons. The van der Waals surface area contributed by atoms with Crippen molar-refractivity contribution in [2.24, 2.45) is 4.99 Å². The number of rotatable bonds is 5. The van der Waals surface area contributed by atoms with Gasteiger partial charge in [0.1, 0.15) is 0 Å². The van der Waals surface area contributed by atoms with Crippen LogP contribution in [0, 0.1) is 0 Å². The van der Waals surface area contributed by atoms with Crippen molar-refractivity contribution in [1.82, 2.24) is 4.90 Å². The maximum atomic E-state index is 12.8. The van der Waals surface area contributed by atoms with Crippen LogP contribution in [0.3, 0.4) is 0 Å². The summed E-state index contributed by atoms with van der Waals surface area (Å²) in [6, 6.07) is 8.63. The fourth-order valence-corrected chi connectivity index (χ4v) is 6.30. The molecule has 2 aliphatic carbocycles. The number of thioether (sulfide) groups is 1. The van der Waals surface area contributed by atoms with Gasteiger partial charge in [0.2, 0.25) is 5.91 Å². The van der Waals surface area contributed by atoms with Gasteiger partial charge in [-0.2, -0.15) is 0 Å². The number of amides is 1. The molecule has 4 rings (SSSR count). The fourth-order valence-electron chi connectivity index (χ4n) is 4.88. The summed E-state index contributed by atoms with van der Waals surface area (Å²) in [6.45, 7) is 0. The van der Waals surface area contributed by atoms with E-state index in [4.69, 9.17) is 16.6 Å². The molecule has 4 nitrogen and oxygen atoms in total. The van der Waals surface area contributed by atoms with Crippen molar-refractivity contribution < 1.29 is 4.79 Å². The van der Waals surface area contributed by atoms with Crippen molar-refractivity contribution in [3.63, 3.8) is 0 Å². The summed E-state index contributed by atoms with van der Waals surface area (Å²) >= 11 is 7.83. The molecule has 0 spiro atoms. The summed E-state index contributed by atoms with van der Waals surface area (Å²) in [5.74, 6) is 1.05. The van der Waals surface area contributed by atoms with E-state index in [-0.39, 0.29) is 24.4 Å². The van der Waals surface area contributed by atoms with Crippen LogP contribution in [-0.4, -0.2) is 39.9 Å². The molecule has 1 saturated heterocycles. The van der Waals surface area contributed by atoms with Crippen LogP contribution in [0.25, 0.3) is 0 Å². The predicted octanol–water partition coefficient (Wildman–Crippen LogP) is 6.53. The van der Waals surface area contributed by atoms with E-state index in [9.17, 15) is 4.79 Å². The Morgan fingerprint density at radius 2 is 1.67 bits per heavy atom. The lowest BCUT2D eigenvalue weighted by molar-refractivity contribution is -0.117. The van der Waals surface area contributed by atoms with Gasteiger partial charge in [-0.25, -0.2) is 0 Å². The molecule has 7 heteroatoms. The third-order valence-corrected chi connectivity index (χ3v) is 7.78. The summed E-state index contributed by atoms with van der Waals surface area (Å²) in [5.41, 5.74) is 0.811. The Balaban J connectivity index is 0.00000256. The van der Waals surface area contributed by atoms with E-state index < -0.39 is 0 Å². The van der Waals surface area contributed by atoms with Crippen molar-refractivity contribution >= 4 is 52.5 Å². The van der Waals surface area contributed by atoms with Crippen molar-refractivity contribution in [2.45, 2.75) is 88.8 Å². The number of aliphatic imine (C=N–C) groups is 1. The average Bonchev–Trinajstić information content (AvgIpc) is 3.13. The predicted molar refractivity (Wildman–Crippen MR) is 131 cm³/mol. The average molecular weight is 471 g/mol. The standard InChI is InChI=1S/C23H32ClN3OS.ClH/c24-17-11-13-19(14-12-17)25-22(28)15-21-16-29-23(26-18-7-3-1-4-8-18)27(21)20-9-5-2-6-10-20;/h11-14,18,20-21H,1-10,15-16H2,(H,25,28);1H/b26-23-;. The minimum Gasteiger partial charge on any atom is -0.344 e. The summed E-state index contributed by atoms with van der Waals surface area (Å²) < 4.78 is 0. The monoisotopic (exact) mass is 469 g/mol. The van der Waals surface area contributed by atoms with Gasteiger partial charge in [-0.05, 0) is 49.9 Å². The van der Waals surface area contributed by atoms with Crippen LogP contribution in [0.5, 0.6) is 0 Å². The number of amidine groups is 1. The summed E-state index contributed by atoms with van der Waals surface area (Å²) in [6.07, 6.45) is 13.4. The zero-order valence-corrected chi connectivity index (χ0v) is 19.9. The molecule has 1 aromatic rings. The highest BCUT2D eigenvalue weighted by Gasteiger charge is 2.37. The van der Waals surface area contributed by atoms with Crippen LogP contribution < -0.4 is 5.32 Å². The highest BCUT2D eigenvalue weighted by Crippen LogP contribution is 2.35. The van der Waals surface area contributed by atoms with E-state index in [0.717, 1.165) is 11.4 Å². The lowest BCUT2D eigenvalue weighted by Gasteiger charge is -2.37. The third kappa shape index (κ3) is 6.30. The SMILES string of the molecule is Cl.O=C(CC1CS/C(=N\C2CCCCC2)N1C1CCCCC1)Nc1ccc(Cl)cc1. The topological polar surface area (TPSA) is 44.7 Å². The van der Waals surface area contributed by atoms with E-state index in [1.54, 1.807) is 0 Å². The van der Waals surface area contributed by atoms with Crippen LogP contribution >= 0.6 is 35.8 Å². The van der Waals surface area contributed by atoms with Crippen LogP contribution in [0.1, 0.15) is 70.6 Å². The van der Waals surface area contributed by atoms with Crippen molar-refractivity contribution in [1.29, 1.82) is 0 Å². The van der Waals surface area contributed by atoms with Crippen molar-refractivity contribution in [3.05, 3.63) is 29.3 Å². The molecule has 1 N–H and O–H groups in total. The fraction of sp³-hybridized carbons (Fsp3) is 0.652. The number of hydrogen-bond donors (Lipinski definition) is 1. The van der Waals surface area contributed by atoms with Gasteiger partial charge in [-0.3, -0.25) is 9.79 Å². The Morgan fingerprint density at radius 1 is 1.03 bits per heavy atom. The minimum absolute atomic E-state index is 0. The van der Waals surface area contributed by atoms with Crippen molar-refractivity contribution in [2.75, 3.05) is 11.1 Å². The minimum atomic E-state index is 0. The van der Waals surface area contributed by atoms with Gasteiger partial charge in [-0.1, -0.05) is 61.9 Å². The summed E-state index contributed by atoms with van der Waals surface area (Å²) in [4.78, 5) is 20.5. The maximum Gasteiger partial charge on any atom is 0.226 e. The molecule has 1 amide bonds. The van der Waals surface area contributed by atoms with Gasteiger partial charge >= 0.3 is 0 Å². The molecule has 1 atom stereocenters. The molecule has 1 unspecified atom stereocenters. The lowest BCUT2D eigenvalue weighted by atomic mass is 9.93. The van der Waals surface area contributed by atoms with Gasteiger partial charge in [0, 0.05) is 35.0 Å². The Morgan fingerprint density at radius 3 is 2.33 bits per heavy atom.